The smallest absolute Gasteiger partial charge is 0.269 e. The maximum atomic E-state index is 12.7. The quantitative estimate of drug-likeness (QED) is 0.539. The van der Waals surface area contributed by atoms with E-state index in [0.717, 1.165) is 16.8 Å². The maximum absolute atomic E-state index is 12.7. The number of fused-ring (bicyclic) bond motifs is 1. The van der Waals surface area contributed by atoms with Crippen molar-refractivity contribution in [3.8, 4) is 5.69 Å². The highest BCUT2D eigenvalue weighted by atomic mass is 32.2. The van der Waals surface area contributed by atoms with Gasteiger partial charge in [-0.3, -0.25) is 19.1 Å². The number of hydrogen-bond donors (Lipinski definition) is 1. The third kappa shape index (κ3) is 3.20. The van der Waals surface area contributed by atoms with E-state index in [1.165, 1.54) is 24.3 Å². The second kappa shape index (κ2) is 7.01. The summed E-state index contributed by atoms with van der Waals surface area (Å²) in [6, 6.07) is 13.0. The first-order valence-corrected chi connectivity index (χ1v) is 10.0. The van der Waals surface area contributed by atoms with Gasteiger partial charge in [-0.2, -0.15) is 5.10 Å². The maximum Gasteiger partial charge on any atom is 0.269 e. The molecule has 1 amide bonds. The molecular weight excluding hydrogens is 380 g/mol. The van der Waals surface area contributed by atoms with E-state index in [4.69, 9.17) is 0 Å². The second-order valence-corrected chi connectivity index (χ2v) is 7.92. The van der Waals surface area contributed by atoms with E-state index >= 15 is 0 Å². The summed E-state index contributed by atoms with van der Waals surface area (Å²) in [6.07, 6.45) is 0. The SMILES string of the molecule is Cc1ccccc1-n1nc2c(c1NC(=O)c1ccc([N+](=O)[O-])cc1)C[S@@](=O)C2. The van der Waals surface area contributed by atoms with Crippen LogP contribution in [0.2, 0.25) is 0 Å². The zero-order valence-corrected chi connectivity index (χ0v) is 15.7. The van der Waals surface area contributed by atoms with Gasteiger partial charge in [0.15, 0.2) is 0 Å². The Morgan fingerprint density at radius 3 is 2.57 bits per heavy atom. The topological polar surface area (TPSA) is 107 Å². The number of carbonyl (C=O) groups excluding carboxylic acids is 1. The van der Waals surface area contributed by atoms with Crippen LogP contribution in [0.15, 0.2) is 48.5 Å². The number of nitrogens with zero attached hydrogens (tertiary/aromatic N) is 3. The van der Waals surface area contributed by atoms with Gasteiger partial charge >= 0.3 is 0 Å². The molecule has 4 rings (SSSR count). The minimum Gasteiger partial charge on any atom is -0.306 e. The van der Waals surface area contributed by atoms with Crippen LogP contribution in [-0.4, -0.2) is 24.8 Å². The first-order valence-electron chi connectivity index (χ1n) is 8.51. The number of benzene rings is 2. The number of hydrogen-bond acceptors (Lipinski definition) is 5. The number of non-ortho nitro benzene ring substituents is 1. The Kier molecular flexibility index (Phi) is 4.52. The van der Waals surface area contributed by atoms with Gasteiger partial charge in [0.25, 0.3) is 11.6 Å². The van der Waals surface area contributed by atoms with Gasteiger partial charge in [0, 0.05) is 34.1 Å². The molecule has 8 nitrogen and oxygen atoms in total. The lowest BCUT2D eigenvalue weighted by molar-refractivity contribution is -0.384. The number of aromatic nitrogens is 2. The number of nitrogens with one attached hydrogen (secondary N) is 1. The summed E-state index contributed by atoms with van der Waals surface area (Å²) in [5, 5.41) is 18.2. The highest BCUT2D eigenvalue weighted by molar-refractivity contribution is 7.83. The Balaban J connectivity index is 1.72. The lowest BCUT2D eigenvalue weighted by atomic mass is 10.2. The molecule has 0 saturated heterocycles. The summed E-state index contributed by atoms with van der Waals surface area (Å²) >= 11 is 0. The Morgan fingerprint density at radius 2 is 1.89 bits per heavy atom. The van der Waals surface area contributed by atoms with E-state index in [9.17, 15) is 19.1 Å². The summed E-state index contributed by atoms with van der Waals surface area (Å²) in [5.41, 5.74) is 3.48. The van der Waals surface area contributed by atoms with E-state index in [0.29, 0.717) is 23.0 Å². The van der Waals surface area contributed by atoms with Crippen LogP contribution >= 0.6 is 0 Å². The average molecular weight is 396 g/mol. The molecule has 1 atom stereocenters. The number of nitro groups is 1. The number of anilines is 1. The average Bonchev–Trinajstić information content (AvgIpc) is 3.19. The summed E-state index contributed by atoms with van der Waals surface area (Å²) in [7, 11) is -1.04. The van der Waals surface area contributed by atoms with Gasteiger partial charge in [-0.15, -0.1) is 0 Å². The molecular formula is C19H16N4O4S. The minimum atomic E-state index is -1.04. The number of amides is 1. The van der Waals surface area contributed by atoms with Gasteiger partial charge in [-0.05, 0) is 30.7 Å². The molecule has 0 radical (unpaired) electrons. The minimum absolute atomic E-state index is 0.0854. The highest BCUT2D eigenvalue weighted by Gasteiger charge is 2.29. The molecule has 2 aromatic carbocycles. The van der Waals surface area contributed by atoms with Gasteiger partial charge < -0.3 is 5.32 Å². The van der Waals surface area contributed by atoms with E-state index in [2.05, 4.69) is 10.4 Å². The molecule has 0 aliphatic carbocycles. The Labute approximate surface area is 162 Å². The Bertz CT molecular complexity index is 1120. The summed E-state index contributed by atoms with van der Waals surface area (Å²) < 4.78 is 13.6. The molecule has 0 bridgehead atoms. The standard InChI is InChI=1S/C19H16N4O4S/c1-12-4-2-3-5-17(12)22-18(15-10-28(27)11-16(15)21-22)20-19(24)13-6-8-14(9-7-13)23(25)26/h2-9H,10-11H2,1H3,(H,20,24)/t28-/m1/s1. The fourth-order valence-corrected chi connectivity index (χ4v) is 4.41. The summed E-state index contributed by atoms with van der Waals surface area (Å²) in [6.45, 7) is 1.95. The molecule has 1 aliphatic heterocycles. The highest BCUT2D eigenvalue weighted by Crippen LogP contribution is 2.32. The predicted molar refractivity (Wildman–Crippen MR) is 105 cm³/mol. The number of rotatable bonds is 4. The lowest BCUT2D eigenvalue weighted by Gasteiger charge is -2.13. The normalized spacial score (nSPS) is 15.2. The number of para-hydroxylation sites is 1. The molecule has 9 heteroatoms. The molecule has 28 heavy (non-hydrogen) atoms. The van der Waals surface area contributed by atoms with Crippen LogP contribution < -0.4 is 5.32 Å². The molecule has 1 aliphatic rings. The fraction of sp³-hybridized carbons (Fsp3) is 0.158. The van der Waals surface area contributed by atoms with Crippen molar-refractivity contribution in [1.29, 1.82) is 0 Å². The predicted octanol–water partition coefficient (Wildman–Crippen LogP) is 3.10. The summed E-state index contributed by atoms with van der Waals surface area (Å²) in [4.78, 5) is 23.0. The molecule has 0 unspecified atom stereocenters. The van der Waals surface area contributed by atoms with Crippen molar-refractivity contribution >= 4 is 28.2 Å². The number of nitro benzene ring substituents is 1. The molecule has 0 fully saturated rings. The molecule has 142 valence electrons. The molecule has 1 aromatic heterocycles. The first kappa shape index (κ1) is 18.1. The third-order valence-electron chi connectivity index (χ3n) is 4.59. The third-order valence-corrected chi connectivity index (χ3v) is 5.79. The number of carbonyl (C=O) groups is 1. The first-order chi connectivity index (χ1) is 13.4. The molecule has 1 N–H and O–H groups in total. The zero-order chi connectivity index (χ0) is 19.8. The van der Waals surface area contributed by atoms with Gasteiger partial charge in [0.2, 0.25) is 0 Å². The van der Waals surface area contributed by atoms with Gasteiger partial charge in [-0.25, -0.2) is 4.68 Å². The molecule has 2 heterocycles. The van der Waals surface area contributed by atoms with E-state index in [1.807, 2.05) is 31.2 Å². The van der Waals surface area contributed by atoms with Crippen LogP contribution in [0, 0.1) is 17.0 Å². The van der Waals surface area contributed by atoms with Crippen molar-refractivity contribution < 1.29 is 13.9 Å². The van der Waals surface area contributed by atoms with E-state index in [1.54, 1.807) is 4.68 Å². The second-order valence-electron chi connectivity index (χ2n) is 6.46. The van der Waals surface area contributed by atoms with Crippen molar-refractivity contribution in [2.24, 2.45) is 0 Å². The fourth-order valence-electron chi connectivity index (χ4n) is 3.15. The van der Waals surface area contributed by atoms with E-state index < -0.39 is 21.6 Å². The lowest BCUT2D eigenvalue weighted by Crippen LogP contribution is -2.17. The van der Waals surface area contributed by atoms with Crippen LogP contribution in [0.25, 0.3) is 5.69 Å². The van der Waals surface area contributed by atoms with Crippen molar-refractivity contribution in [3.63, 3.8) is 0 Å². The van der Waals surface area contributed by atoms with E-state index in [-0.39, 0.29) is 11.3 Å². The number of aryl methyl sites for hydroxylation is 1. The van der Waals surface area contributed by atoms with Crippen LogP contribution in [0.1, 0.15) is 27.2 Å². The van der Waals surface area contributed by atoms with Crippen molar-refractivity contribution in [1.82, 2.24) is 9.78 Å². The molecule has 0 spiro atoms. The Morgan fingerprint density at radius 1 is 1.18 bits per heavy atom. The van der Waals surface area contributed by atoms with Gasteiger partial charge in [-0.1, -0.05) is 18.2 Å². The van der Waals surface area contributed by atoms with Crippen LogP contribution in [0.3, 0.4) is 0 Å². The Hall–Kier alpha value is -3.33. The summed E-state index contributed by atoms with van der Waals surface area (Å²) in [5.74, 6) is 0.759. The van der Waals surface area contributed by atoms with Crippen molar-refractivity contribution in [3.05, 3.63) is 81.0 Å². The molecule has 3 aromatic rings. The van der Waals surface area contributed by atoms with Gasteiger partial charge in [0.1, 0.15) is 5.82 Å². The van der Waals surface area contributed by atoms with Crippen LogP contribution in [-0.2, 0) is 22.3 Å². The zero-order valence-electron chi connectivity index (χ0n) is 14.9. The van der Waals surface area contributed by atoms with Gasteiger partial charge in [0.05, 0.1) is 27.8 Å². The monoisotopic (exact) mass is 396 g/mol. The molecule has 0 saturated carbocycles. The largest absolute Gasteiger partial charge is 0.306 e. The van der Waals surface area contributed by atoms with Crippen molar-refractivity contribution in [2.75, 3.05) is 5.32 Å². The van der Waals surface area contributed by atoms with Crippen LogP contribution in [0.4, 0.5) is 11.5 Å². The van der Waals surface area contributed by atoms with Crippen molar-refractivity contribution in [2.45, 2.75) is 18.4 Å². The van der Waals surface area contributed by atoms with Crippen LogP contribution in [0.5, 0.6) is 0 Å².